The molecule has 0 amide bonds. The Balaban J connectivity index is 1.84. The van der Waals surface area contributed by atoms with E-state index in [1.54, 1.807) is 18.2 Å². The van der Waals surface area contributed by atoms with E-state index in [4.69, 9.17) is 10.3 Å². The number of nitrogens with two attached hydrogens (primary N) is 1. The van der Waals surface area contributed by atoms with Crippen molar-refractivity contribution in [3.05, 3.63) is 65.8 Å². The molecule has 0 bridgehead atoms. The Morgan fingerprint density at radius 3 is 2.75 bits per heavy atom. The van der Waals surface area contributed by atoms with Gasteiger partial charge in [0.1, 0.15) is 5.82 Å². The summed E-state index contributed by atoms with van der Waals surface area (Å²) in [5.74, 6) is 0.634. The van der Waals surface area contributed by atoms with Crippen LogP contribution in [0.3, 0.4) is 0 Å². The van der Waals surface area contributed by atoms with Crippen LogP contribution >= 0.6 is 0 Å². The first kappa shape index (κ1) is 12.3. The third-order valence-electron chi connectivity index (χ3n) is 2.86. The lowest BCUT2D eigenvalue weighted by Gasteiger charge is -1.96. The average Bonchev–Trinajstić information content (AvgIpc) is 2.87. The zero-order chi connectivity index (χ0) is 13.9. The first-order chi connectivity index (χ1) is 9.70. The van der Waals surface area contributed by atoms with Gasteiger partial charge in [0.15, 0.2) is 0 Å². The highest BCUT2D eigenvalue weighted by molar-refractivity contribution is 5.60. The van der Waals surface area contributed by atoms with Crippen molar-refractivity contribution in [2.24, 2.45) is 0 Å². The first-order valence-corrected chi connectivity index (χ1v) is 6.14. The van der Waals surface area contributed by atoms with Gasteiger partial charge in [0, 0.05) is 11.3 Å². The van der Waals surface area contributed by atoms with E-state index in [-0.39, 0.29) is 5.82 Å². The van der Waals surface area contributed by atoms with Crippen LogP contribution in [0.4, 0.5) is 10.1 Å². The number of nitrogens with zero attached hydrogens (tertiary/aromatic N) is 2. The molecule has 4 nitrogen and oxygen atoms in total. The summed E-state index contributed by atoms with van der Waals surface area (Å²) in [6.45, 7) is 0. The fourth-order valence-corrected chi connectivity index (χ4v) is 1.94. The van der Waals surface area contributed by atoms with Crippen molar-refractivity contribution in [2.75, 3.05) is 5.73 Å². The topological polar surface area (TPSA) is 64.9 Å². The van der Waals surface area contributed by atoms with Crippen LogP contribution in [0, 0.1) is 5.82 Å². The van der Waals surface area contributed by atoms with Gasteiger partial charge in [0.25, 0.3) is 0 Å². The van der Waals surface area contributed by atoms with E-state index in [9.17, 15) is 4.39 Å². The molecule has 0 aliphatic heterocycles. The van der Waals surface area contributed by atoms with Crippen LogP contribution < -0.4 is 5.73 Å². The van der Waals surface area contributed by atoms with Crippen molar-refractivity contribution in [3.8, 4) is 11.4 Å². The second-order valence-corrected chi connectivity index (χ2v) is 4.44. The molecule has 0 atom stereocenters. The van der Waals surface area contributed by atoms with Crippen molar-refractivity contribution in [1.29, 1.82) is 0 Å². The monoisotopic (exact) mass is 269 g/mol. The lowest BCUT2D eigenvalue weighted by molar-refractivity contribution is 0.385. The van der Waals surface area contributed by atoms with E-state index in [1.807, 2.05) is 18.2 Å². The molecule has 1 aromatic heterocycles. The molecule has 0 spiro atoms. The van der Waals surface area contributed by atoms with Crippen LogP contribution in [0.25, 0.3) is 11.4 Å². The Kier molecular flexibility index (Phi) is 3.16. The number of anilines is 1. The van der Waals surface area contributed by atoms with E-state index in [0.717, 1.165) is 11.1 Å². The molecule has 0 aliphatic carbocycles. The minimum absolute atomic E-state index is 0.280. The summed E-state index contributed by atoms with van der Waals surface area (Å²) in [7, 11) is 0. The van der Waals surface area contributed by atoms with Crippen molar-refractivity contribution in [2.45, 2.75) is 6.42 Å². The van der Waals surface area contributed by atoms with Gasteiger partial charge in [0.05, 0.1) is 6.42 Å². The maximum Gasteiger partial charge on any atom is 0.231 e. The van der Waals surface area contributed by atoms with Crippen LogP contribution in [0.2, 0.25) is 0 Å². The normalized spacial score (nSPS) is 10.7. The van der Waals surface area contributed by atoms with E-state index < -0.39 is 0 Å². The lowest BCUT2D eigenvalue weighted by Crippen LogP contribution is -1.90. The van der Waals surface area contributed by atoms with E-state index in [2.05, 4.69) is 10.1 Å². The maximum absolute atomic E-state index is 13.1. The highest BCUT2D eigenvalue weighted by Crippen LogP contribution is 2.19. The maximum atomic E-state index is 13.1. The van der Waals surface area contributed by atoms with Gasteiger partial charge in [-0.3, -0.25) is 0 Å². The first-order valence-electron chi connectivity index (χ1n) is 6.14. The molecule has 0 saturated heterocycles. The van der Waals surface area contributed by atoms with Gasteiger partial charge in [-0.05, 0) is 29.8 Å². The summed E-state index contributed by atoms with van der Waals surface area (Å²) < 4.78 is 18.3. The number of rotatable bonds is 3. The lowest BCUT2D eigenvalue weighted by atomic mass is 10.1. The smallest absolute Gasteiger partial charge is 0.231 e. The standard InChI is InChI=1S/C15H12FN3O/c16-12-5-1-3-10(7-12)8-14-18-15(19-20-14)11-4-2-6-13(17)9-11/h1-7,9H,8,17H2. The summed E-state index contributed by atoms with van der Waals surface area (Å²) in [6, 6.07) is 13.6. The van der Waals surface area contributed by atoms with Crippen LogP contribution in [0.5, 0.6) is 0 Å². The Morgan fingerprint density at radius 1 is 1.10 bits per heavy atom. The number of hydrogen-bond donors (Lipinski definition) is 1. The van der Waals surface area contributed by atoms with Gasteiger partial charge < -0.3 is 10.3 Å². The third kappa shape index (κ3) is 2.66. The molecule has 0 saturated carbocycles. The van der Waals surface area contributed by atoms with E-state index >= 15 is 0 Å². The zero-order valence-electron chi connectivity index (χ0n) is 10.6. The molecule has 0 fully saturated rings. The number of halogens is 1. The fraction of sp³-hybridized carbons (Fsp3) is 0.0667. The van der Waals surface area contributed by atoms with Crippen LogP contribution in [-0.2, 0) is 6.42 Å². The van der Waals surface area contributed by atoms with E-state index in [1.165, 1.54) is 12.1 Å². The van der Waals surface area contributed by atoms with Gasteiger partial charge in [-0.2, -0.15) is 4.98 Å². The minimum Gasteiger partial charge on any atom is -0.399 e. The van der Waals surface area contributed by atoms with Crippen molar-refractivity contribution in [3.63, 3.8) is 0 Å². The molecule has 5 heteroatoms. The predicted octanol–water partition coefficient (Wildman–Crippen LogP) is 3.05. The van der Waals surface area contributed by atoms with E-state index in [0.29, 0.717) is 23.8 Å². The van der Waals surface area contributed by atoms with Gasteiger partial charge >= 0.3 is 0 Å². The Bertz CT molecular complexity index is 739. The molecule has 0 radical (unpaired) electrons. The number of benzene rings is 2. The molecule has 3 aromatic rings. The summed E-state index contributed by atoms with van der Waals surface area (Å²) in [6.07, 6.45) is 0.396. The molecule has 3 rings (SSSR count). The molecule has 0 aliphatic rings. The average molecular weight is 269 g/mol. The fourth-order valence-electron chi connectivity index (χ4n) is 1.94. The molecule has 0 unspecified atom stereocenters. The number of hydrogen-bond acceptors (Lipinski definition) is 4. The molecule has 2 aromatic carbocycles. The summed E-state index contributed by atoms with van der Waals surface area (Å²) in [4.78, 5) is 4.29. The largest absolute Gasteiger partial charge is 0.399 e. The highest BCUT2D eigenvalue weighted by atomic mass is 19.1. The van der Waals surface area contributed by atoms with Gasteiger partial charge in [-0.1, -0.05) is 29.4 Å². The Labute approximate surface area is 115 Å². The SMILES string of the molecule is Nc1cccc(-c2noc(Cc3cccc(F)c3)n2)c1. The molecule has 100 valence electrons. The van der Waals surface area contributed by atoms with Gasteiger partial charge in [-0.25, -0.2) is 4.39 Å². The minimum atomic E-state index is -0.280. The quantitative estimate of drug-likeness (QED) is 0.742. The van der Waals surface area contributed by atoms with Gasteiger partial charge in [-0.15, -0.1) is 0 Å². The van der Waals surface area contributed by atoms with Crippen molar-refractivity contribution >= 4 is 5.69 Å². The number of nitrogen functional groups attached to an aromatic ring is 1. The third-order valence-corrected chi connectivity index (χ3v) is 2.86. The van der Waals surface area contributed by atoms with Crippen LogP contribution in [0.1, 0.15) is 11.5 Å². The van der Waals surface area contributed by atoms with Crippen LogP contribution in [-0.4, -0.2) is 10.1 Å². The second kappa shape index (κ2) is 5.13. The molecule has 2 N–H and O–H groups in total. The Hall–Kier alpha value is -2.69. The summed E-state index contributed by atoms with van der Waals surface area (Å²) >= 11 is 0. The molecular weight excluding hydrogens is 257 g/mol. The van der Waals surface area contributed by atoms with Gasteiger partial charge in [0.2, 0.25) is 11.7 Å². The van der Waals surface area contributed by atoms with Crippen molar-refractivity contribution in [1.82, 2.24) is 10.1 Å². The highest BCUT2D eigenvalue weighted by Gasteiger charge is 2.09. The summed E-state index contributed by atoms with van der Waals surface area (Å²) in [5.41, 5.74) is 7.93. The zero-order valence-corrected chi connectivity index (χ0v) is 10.6. The molecule has 1 heterocycles. The second-order valence-electron chi connectivity index (χ2n) is 4.44. The summed E-state index contributed by atoms with van der Waals surface area (Å²) in [5, 5.41) is 3.91. The Morgan fingerprint density at radius 2 is 1.95 bits per heavy atom. The van der Waals surface area contributed by atoms with Crippen molar-refractivity contribution < 1.29 is 8.91 Å². The number of aromatic nitrogens is 2. The predicted molar refractivity (Wildman–Crippen MR) is 73.4 cm³/mol. The molecule has 20 heavy (non-hydrogen) atoms. The van der Waals surface area contributed by atoms with Crippen LogP contribution in [0.15, 0.2) is 53.1 Å². The molecular formula is C15H12FN3O.